The van der Waals surface area contributed by atoms with Gasteiger partial charge in [0.15, 0.2) is 5.16 Å². The largest absolute Gasteiger partial charge is 0.467 e. The number of amides is 1. The molecule has 0 radical (unpaired) electrons. The first kappa shape index (κ1) is 19.9. The molecule has 0 N–H and O–H groups in total. The monoisotopic (exact) mass is 436 g/mol. The van der Waals surface area contributed by atoms with Crippen LogP contribution in [0.25, 0.3) is 0 Å². The average Bonchev–Trinajstić information content (AvgIpc) is 3.61. The lowest BCUT2D eigenvalue weighted by Crippen LogP contribution is -2.25. The summed E-state index contributed by atoms with van der Waals surface area (Å²) in [5.41, 5.74) is 2.02. The molecule has 3 aromatic rings. The molecule has 0 unspecified atom stereocenters. The van der Waals surface area contributed by atoms with E-state index in [1.165, 1.54) is 11.8 Å². The van der Waals surface area contributed by atoms with Gasteiger partial charge in [0.1, 0.15) is 5.76 Å². The minimum atomic E-state index is -0.0220. The number of hydrazone groups is 1. The fraction of sp³-hybridized carbons (Fsp3) is 0.364. The van der Waals surface area contributed by atoms with Crippen LogP contribution in [0, 0.1) is 0 Å². The average molecular weight is 437 g/mol. The van der Waals surface area contributed by atoms with Gasteiger partial charge in [-0.1, -0.05) is 42.1 Å². The minimum absolute atomic E-state index is 0.0220. The molecule has 1 fully saturated rings. The first-order chi connectivity index (χ1) is 15.3. The van der Waals surface area contributed by atoms with Gasteiger partial charge >= 0.3 is 0 Å². The summed E-state index contributed by atoms with van der Waals surface area (Å²) in [6.07, 6.45) is 4.76. The number of carbonyl (C=O) groups is 1. The number of carbonyl (C=O) groups excluding carboxylic acids is 1. The van der Waals surface area contributed by atoms with E-state index < -0.39 is 0 Å². The Morgan fingerprint density at radius 1 is 1.03 bits per heavy atom. The third-order valence-corrected chi connectivity index (χ3v) is 6.45. The van der Waals surface area contributed by atoms with E-state index in [9.17, 15) is 4.79 Å². The summed E-state index contributed by atoms with van der Waals surface area (Å²) >= 11 is 1.40. The predicted octanol–water partition coefficient (Wildman–Crippen LogP) is 3.25. The van der Waals surface area contributed by atoms with E-state index in [1.807, 2.05) is 47.0 Å². The molecule has 1 amide bonds. The summed E-state index contributed by atoms with van der Waals surface area (Å²) in [6, 6.07) is 13.8. The summed E-state index contributed by atoms with van der Waals surface area (Å²) in [5.74, 6) is 1.92. The van der Waals surface area contributed by atoms with Crippen LogP contribution in [0.4, 0.5) is 5.95 Å². The number of hydrogen-bond acceptors (Lipinski definition) is 7. The molecule has 0 bridgehead atoms. The molecule has 2 aliphatic rings. The van der Waals surface area contributed by atoms with Crippen LogP contribution in [0.5, 0.6) is 0 Å². The van der Waals surface area contributed by atoms with Crippen molar-refractivity contribution in [2.75, 3.05) is 30.3 Å². The Morgan fingerprint density at radius 2 is 1.87 bits per heavy atom. The standard InChI is InChI=1S/C22H24N6O2S/c29-20(28-13-10-19(25-28)17-7-2-1-3-8-17)16-31-22-24-23-21(26-11-4-5-12-26)27(22)15-18-9-6-14-30-18/h1-3,6-9,14H,4-5,10-13,15-16H2. The normalized spacial score (nSPS) is 16.2. The van der Waals surface area contributed by atoms with Gasteiger partial charge in [-0.2, -0.15) is 5.10 Å². The molecule has 2 aliphatic heterocycles. The molecule has 2 aromatic heterocycles. The topological polar surface area (TPSA) is 79.8 Å². The maximum Gasteiger partial charge on any atom is 0.253 e. The molecular formula is C22H24N6O2S. The van der Waals surface area contributed by atoms with Crippen molar-refractivity contribution in [2.24, 2.45) is 5.10 Å². The Morgan fingerprint density at radius 3 is 2.65 bits per heavy atom. The molecule has 4 heterocycles. The summed E-state index contributed by atoms with van der Waals surface area (Å²) in [7, 11) is 0. The van der Waals surface area contributed by atoms with E-state index in [1.54, 1.807) is 11.3 Å². The fourth-order valence-corrected chi connectivity index (χ4v) is 4.71. The van der Waals surface area contributed by atoms with Crippen molar-refractivity contribution in [3.63, 3.8) is 0 Å². The first-order valence-electron chi connectivity index (χ1n) is 10.5. The molecule has 0 atom stereocenters. The number of thioether (sulfide) groups is 1. The second-order valence-electron chi connectivity index (χ2n) is 7.61. The predicted molar refractivity (Wildman–Crippen MR) is 119 cm³/mol. The van der Waals surface area contributed by atoms with Crippen LogP contribution >= 0.6 is 11.8 Å². The lowest BCUT2D eigenvalue weighted by molar-refractivity contribution is -0.127. The highest BCUT2D eigenvalue weighted by molar-refractivity contribution is 7.99. The third kappa shape index (κ3) is 4.36. The highest BCUT2D eigenvalue weighted by atomic mass is 32.2. The summed E-state index contributed by atoms with van der Waals surface area (Å²) < 4.78 is 7.59. The van der Waals surface area contributed by atoms with Crippen molar-refractivity contribution in [1.82, 2.24) is 19.8 Å². The van der Waals surface area contributed by atoms with Gasteiger partial charge in [0.05, 0.1) is 30.8 Å². The second-order valence-corrected chi connectivity index (χ2v) is 8.55. The molecule has 9 heteroatoms. The van der Waals surface area contributed by atoms with Crippen molar-refractivity contribution in [1.29, 1.82) is 0 Å². The van der Waals surface area contributed by atoms with Crippen LogP contribution in [0.15, 0.2) is 63.4 Å². The van der Waals surface area contributed by atoms with Gasteiger partial charge in [-0.05, 0) is 30.5 Å². The van der Waals surface area contributed by atoms with Crippen molar-refractivity contribution in [3.8, 4) is 0 Å². The molecule has 1 aromatic carbocycles. The zero-order chi connectivity index (χ0) is 21.0. The van der Waals surface area contributed by atoms with E-state index in [0.29, 0.717) is 13.1 Å². The quantitative estimate of drug-likeness (QED) is 0.529. The Kier molecular flexibility index (Phi) is 5.75. The number of furan rings is 1. The molecule has 160 valence electrons. The minimum Gasteiger partial charge on any atom is -0.467 e. The van der Waals surface area contributed by atoms with E-state index >= 15 is 0 Å². The number of benzene rings is 1. The van der Waals surface area contributed by atoms with Gasteiger partial charge in [0.2, 0.25) is 5.95 Å². The van der Waals surface area contributed by atoms with E-state index in [4.69, 9.17) is 4.42 Å². The number of rotatable bonds is 7. The van der Waals surface area contributed by atoms with E-state index in [-0.39, 0.29) is 11.7 Å². The lowest BCUT2D eigenvalue weighted by atomic mass is 10.1. The molecule has 8 nitrogen and oxygen atoms in total. The highest BCUT2D eigenvalue weighted by Gasteiger charge is 2.25. The number of nitrogens with zero attached hydrogens (tertiary/aromatic N) is 6. The van der Waals surface area contributed by atoms with Gasteiger partial charge in [-0.15, -0.1) is 10.2 Å². The van der Waals surface area contributed by atoms with Gasteiger partial charge < -0.3 is 9.32 Å². The molecule has 0 saturated carbocycles. The summed E-state index contributed by atoms with van der Waals surface area (Å²) in [6.45, 7) is 3.11. The van der Waals surface area contributed by atoms with Crippen LogP contribution in [-0.2, 0) is 11.3 Å². The van der Waals surface area contributed by atoms with Gasteiger partial charge in [-0.25, -0.2) is 5.01 Å². The maximum absolute atomic E-state index is 12.8. The molecule has 31 heavy (non-hydrogen) atoms. The molecule has 0 spiro atoms. The summed E-state index contributed by atoms with van der Waals surface area (Å²) in [5, 5.41) is 15.7. The highest BCUT2D eigenvalue weighted by Crippen LogP contribution is 2.26. The summed E-state index contributed by atoms with van der Waals surface area (Å²) in [4.78, 5) is 15.0. The molecule has 1 saturated heterocycles. The Balaban J connectivity index is 1.28. The lowest BCUT2D eigenvalue weighted by Gasteiger charge is -2.18. The van der Waals surface area contributed by atoms with Crippen molar-refractivity contribution < 1.29 is 9.21 Å². The van der Waals surface area contributed by atoms with Gasteiger partial charge in [0.25, 0.3) is 5.91 Å². The van der Waals surface area contributed by atoms with Crippen LogP contribution in [0.3, 0.4) is 0 Å². The van der Waals surface area contributed by atoms with Crippen molar-refractivity contribution in [2.45, 2.75) is 31.0 Å². The Hall–Kier alpha value is -3.07. The Labute approximate surface area is 184 Å². The van der Waals surface area contributed by atoms with E-state index in [0.717, 1.165) is 60.5 Å². The maximum atomic E-state index is 12.8. The molecular weight excluding hydrogens is 412 g/mol. The van der Waals surface area contributed by atoms with Gasteiger partial charge in [0, 0.05) is 19.5 Å². The zero-order valence-electron chi connectivity index (χ0n) is 17.2. The second kappa shape index (κ2) is 8.97. The third-order valence-electron chi connectivity index (χ3n) is 5.50. The van der Waals surface area contributed by atoms with Crippen LogP contribution < -0.4 is 4.90 Å². The fourth-order valence-electron chi connectivity index (χ4n) is 3.91. The zero-order valence-corrected chi connectivity index (χ0v) is 18.0. The van der Waals surface area contributed by atoms with Crippen molar-refractivity contribution >= 4 is 29.3 Å². The van der Waals surface area contributed by atoms with Crippen LogP contribution in [0.1, 0.15) is 30.6 Å². The number of hydrogen-bond donors (Lipinski definition) is 0. The van der Waals surface area contributed by atoms with Crippen LogP contribution in [-0.4, -0.2) is 56.8 Å². The molecule has 0 aliphatic carbocycles. The molecule has 5 rings (SSSR count). The number of anilines is 1. The first-order valence-corrected chi connectivity index (χ1v) is 11.5. The van der Waals surface area contributed by atoms with Crippen LogP contribution in [0.2, 0.25) is 0 Å². The Bertz CT molecular complexity index is 1060. The van der Waals surface area contributed by atoms with E-state index in [2.05, 4.69) is 20.2 Å². The SMILES string of the molecule is O=C(CSc1nnc(N2CCCC2)n1Cc1ccco1)N1CCC(c2ccccc2)=N1. The smallest absolute Gasteiger partial charge is 0.253 e. The van der Waals surface area contributed by atoms with Gasteiger partial charge in [-0.3, -0.25) is 9.36 Å². The van der Waals surface area contributed by atoms with Crippen molar-refractivity contribution in [3.05, 3.63) is 60.1 Å². The number of aromatic nitrogens is 3.